The SMILES string of the molecule is CCCn1c(C)nc2cc(CO)ccc21.Cl. The second kappa shape index (κ2) is 5.32. The van der Waals surface area contributed by atoms with Crippen LogP contribution in [-0.2, 0) is 13.2 Å². The number of aromatic nitrogens is 2. The van der Waals surface area contributed by atoms with Crippen molar-refractivity contribution in [2.75, 3.05) is 0 Å². The van der Waals surface area contributed by atoms with Crippen molar-refractivity contribution in [3.63, 3.8) is 0 Å². The van der Waals surface area contributed by atoms with Crippen molar-refractivity contribution in [2.45, 2.75) is 33.4 Å². The smallest absolute Gasteiger partial charge is 0.106 e. The Morgan fingerprint density at radius 1 is 1.38 bits per heavy atom. The van der Waals surface area contributed by atoms with Gasteiger partial charge in [-0.05, 0) is 31.0 Å². The molecule has 1 N–H and O–H groups in total. The summed E-state index contributed by atoms with van der Waals surface area (Å²) in [5, 5.41) is 9.04. The normalized spacial score (nSPS) is 10.4. The predicted molar refractivity (Wildman–Crippen MR) is 67.9 cm³/mol. The highest BCUT2D eigenvalue weighted by Crippen LogP contribution is 2.18. The fourth-order valence-electron chi connectivity index (χ4n) is 1.90. The Labute approximate surface area is 102 Å². The van der Waals surface area contributed by atoms with E-state index in [0.717, 1.165) is 35.4 Å². The van der Waals surface area contributed by atoms with Crippen LogP contribution in [0, 0.1) is 6.92 Å². The summed E-state index contributed by atoms with van der Waals surface area (Å²) in [6.07, 6.45) is 1.11. The number of aliphatic hydroxyl groups is 1. The summed E-state index contributed by atoms with van der Waals surface area (Å²) in [5.74, 6) is 1.04. The first-order chi connectivity index (χ1) is 7.26. The summed E-state index contributed by atoms with van der Waals surface area (Å²) in [4.78, 5) is 4.49. The molecular formula is C12H17ClN2O. The largest absolute Gasteiger partial charge is 0.392 e. The zero-order chi connectivity index (χ0) is 10.8. The lowest BCUT2D eigenvalue weighted by atomic mass is 10.2. The molecule has 2 rings (SSSR count). The molecule has 2 aromatic rings. The number of halogens is 1. The van der Waals surface area contributed by atoms with Gasteiger partial charge in [0.05, 0.1) is 17.6 Å². The van der Waals surface area contributed by atoms with Crippen LogP contribution in [0.1, 0.15) is 24.7 Å². The molecule has 4 heteroatoms. The van der Waals surface area contributed by atoms with Crippen molar-refractivity contribution >= 4 is 23.4 Å². The van der Waals surface area contributed by atoms with Gasteiger partial charge in [-0.1, -0.05) is 13.0 Å². The fourth-order valence-corrected chi connectivity index (χ4v) is 1.90. The zero-order valence-electron chi connectivity index (χ0n) is 9.60. The predicted octanol–water partition coefficient (Wildman–Crippen LogP) is 2.67. The lowest BCUT2D eigenvalue weighted by Crippen LogP contribution is -1.98. The second-order valence-corrected chi connectivity index (χ2v) is 3.79. The number of hydrogen-bond acceptors (Lipinski definition) is 2. The number of nitrogens with zero attached hydrogens (tertiary/aromatic N) is 2. The van der Waals surface area contributed by atoms with Gasteiger partial charge in [0.25, 0.3) is 0 Å². The van der Waals surface area contributed by atoms with E-state index < -0.39 is 0 Å². The van der Waals surface area contributed by atoms with E-state index in [4.69, 9.17) is 5.11 Å². The lowest BCUT2D eigenvalue weighted by molar-refractivity contribution is 0.282. The molecule has 3 nitrogen and oxygen atoms in total. The van der Waals surface area contributed by atoms with Crippen LogP contribution >= 0.6 is 12.4 Å². The summed E-state index contributed by atoms with van der Waals surface area (Å²) in [7, 11) is 0. The first kappa shape index (κ1) is 13.0. The van der Waals surface area contributed by atoms with Crippen LogP contribution in [-0.4, -0.2) is 14.7 Å². The summed E-state index contributed by atoms with van der Waals surface area (Å²) < 4.78 is 2.22. The Morgan fingerprint density at radius 3 is 2.75 bits per heavy atom. The third-order valence-corrected chi connectivity index (χ3v) is 2.63. The highest BCUT2D eigenvalue weighted by Gasteiger charge is 2.06. The number of hydrogen-bond donors (Lipinski definition) is 1. The standard InChI is InChI=1S/C12H16N2O.ClH/c1-3-6-14-9(2)13-11-7-10(8-15)4-5-12(11)14;/h4-5,7,15H,3,6,8H2,1-2H3;1H. The summed E-state index contributed by atoms with van der Waals surface area (Å²) in [5.41, 5.74) is 3.06. The first-order valence-electron chi connectivity index (χ1n) is 5.33. The Bertz CT molecular complexity index is 479. The summed E-state index contributed by atoms with van der Waals surface area (Å²) in [6.45, 7) is 5.26. The van der Waals surface area contributed by atoms with Crippen molar-refractivity contribution in [3.8, 4) is 0 Å². The van der Waals surface area contributed by atoms with E-state index in [2.05, 4.69) is 16.5 Å². The number of imidazole rings is 1. The molecule has 1 aromatic carbocycles. The highest BCUT2D eigenvalue weighted by molar-refractivity contribution is 5.85. The molecular weight excluding hydrogens is 224 g/mol. The molecule has 0 atom stereocenters. The Hall–Kier alpha value is -1.06. The second-order valence-electron chi connectivity index (χ2n) is 3.79. The van der Waals surface area contributed by atoms with Gasteiger partial charge in [0.15, 0.2) is 0 Å². The van der Waals surface area contributed by atoms with Gasteiger partial charge in [-0.25, -0.2) is 4.98 Å². The van der Waals surface area contributed by atoms with Crippen molar-refractivity contribution in [2.24, 2.45) is 0 Å². The van der Waals surface area contributed by atoms with Gasteiger partial charge < -0.3 is 9.67 Å². The summed E-state index contributed by atoms with van der Waals surface area (Å²) >= 11 is 0. The number of fused-ring (bicyclic) bond motifs is 1. The van der Waals surface area contributed by atoms with E-state index in [0.29, 0.717) is 0 Å². The molecule has 0 bridgehead atoms. The topological polar surface area (TPSA) is 38.0 Å². The van der Waals surface area contributed by atoms with Crippen LogP contribution in [0.2, 0.25) is 0 Å². The van der Waals surface area contributed by atoms with Crippen molar-refractivity contribution in [3.05, 3.63) is 29.6 Å². The average Bonchev–Trinajstić information content (AvgIpc) is 2.55. The molecule has 0 aliphatic rings. The molecule has 0 saturated heterocycles. The molecule has 16 heavy (non-hydrogen) atoms. The average molecular weight is 241 g/mol. The molecule has 0 spiro atoms. The van der Waals surface area contributed by atoms with E-state index in [-0.39, 0.29) is 19.0 Å². The Kier molecular flexibility index (Phi) is 4.33. The molecule has 0 fully saturated rings. The number of benzene rings is 1. The number of rotatable bonds is 3. The molecule has 1 heterocycles. The molecule has 0 amide bonds. The highest BCUT2D eigenvalue weighted by atomic mass is 35.5. The Morgan fingerprint density at radius 2 is 2.12 bits per heavy atom. The van der Waals surface area contributed by atoms with Gasteiger partial charge in [0.2, 0.25) is 0 Å². The van der Waals surface area contributed by atoms with Gasteiger partial charge in [0, 0.05) is 6.54 Å². The van der Waals surface area contributed by atoms with Gasteiger partial charge in [0.1, 0.15) is 5.82 Å². The van der Waals surface area contributed by atoms with E-state index >= 15 is 0 Å². The van der Waals surface area contributed by atoms with Crippen molar-refractivity contribution in [1.82, 2.24) is 9.55 Å². The van der Waals surface area contributed by atoms with E-state index in [1.165, 1.54) is 0 Å². The first-order valence-corrected chi connectivity index (χ1v) is 5.33. The Balaban J connectivity index is 0.00000128. The molecule has 0 radical (unpaired) electrons. The van der Waals surface area contributed by atoms with Gasteiger partial charge in [-0.3, -0.25) is 0 Å². The minimum absolute atomic E-state index is 0. The van der Waals surface area contributed by atoms with Crippen LogP contribution in [0.3, 0.4) is 0 Å². The fraction of sp³-hybridized carbons (Fsp3) is 0.417. The molecule has 0 saturated carbocycles. The molecule has 88 valence electrons. The van der Waals surface area contributed by atoms with E-state index in [9.17, 15) is 0 Å². The van der Waals surface area contributed by atoms with Crippen LogP contribution in [0.4, 0.5) is 0 Å². The third-order valence-electron chi connectivity index (χ3n) is 2.63. The molecule has 1 aromatic heterocycles. The lowest BCUT2D eigenvalue weighted by Gasteiger charge is -2.04. The van der Waals surface area contributed by atoms with Crippen LogP contribution in [0.25, 0.3) is 11.0 Å². The van der Waals surface area contributed by atoms with Crippen LogP contribution in [0.15, 0.2) is 18.2 Å². The molecule has 0 aliphatic heterocycles. The van der Waals surface area contributed by atoms with Gasteiger partial charge in [-0.2, -0.15) is 0 Å². The molecule has 0 unspecified atom stereocenters. The van der Waals surface area contributed by atoms with Crippen LogP contribution in [0.5, 0.6) is 0 Å². The van der Waals surface area contributed by atoms with Crippen LogP contribution < -0.4 is 0 Å². The maximum absolute atomic E-state index is 9.04. The van der Waals surface area contributed by atoms with Gasteiger partial charge >= 0.3 is 0 Å². The van der Waals surface area contributed by atoms with Crippen molar-refractivity contribution in [1.29, 1.82) is 0 Å². The summed E-state index contributed by atoms with van der Waals surface area (Å²) in [6, 6.07) is 5.95. The quantitative estimate of drug-likeness (QED) is 0.896. The maximum atomic E-state index is 9.04. The minimum atomic E-state index is 0. The van der Waals surface area contributed by atoms with E-state index in [1.807, 2.05) is 25.1 Å². The van der Waals surface area contributed by atoms with E-state index in [1.54, 1.807) is 0 Å². The zero-order valence-corrected chi connectivity index (χ0v) is 10.4. The van der Waals surface area contributed by atoms with Gasteiger partial charge in [-0.15, -0.1) is 12.4 Å². The molecule has 0 aliphatic carbocycles. The van der Waals surface area contributed by atoms with Crippen molar-refractivity contribution < 1.29 is 5.11 Å². The number of aryl methyl sites for hydroxylation is 2. The minimum Gasteiger partial charge on any atom is -0.392 e. The maximum Gasteiger partial charge on any atom is 0.106 e. The third kappa shape index (κ3) is 2.20. The monoisotopic (exact) mass is 240 g/mol. The number of aliphatic hydroxyl groups excluding tert-OH is 1.